The van der Waals surface area contributed by atoms with Crippen molar-refractivity contribution in [2.24, 2.45) is 5.92 Å². The van der Waals surface area contributed by atoms with Crippen molar-refractivity contribution < 1.29 is 13.5 Å². The van der Waals surface area contributed by atoms with Crippen molar-refractivity contribution in [3.63, 3.8) is 0 Å². The molecule has 2 atom stereocenters. The number of hydrogen-bond donors (Lipinski definition) is 2. The minimum atomic E-state index is -2.95. The lowest BCUT2D eigenvalue weighted by Gasteiger charge is -2.31. The van der Waals surface area contributed by atoms with E-state index in [2.05, 4.69) is 17.1 Å². The van der Waals surface area contributed by atoms with Crippen molar-refractivity contribution in [3.8, 4) is 0 Å². The topological polar surface area (TPSA) is 69.6 Å². The van der Waals surface area contributed by atoms with Crippen LogP contribution in [0.1, 0.15) is 33.6 Å². The lowest BCUT2D eigenvalue weighted by Crippen LogP contribution is -2.44. The maximum atomic E-state index is 11.5. The average Bonchev–Trinajstić information content (AvgIpc) is 2.39. The van der Waals surface area contributed by atoms with E-state index >= 15 is 0 Å². The summed E-state index contributed by atoms with van der Waals surface area (Å²) in [5.74, 6) is 1.10. The average molecular weight is 306 g/mol. The molecule has 0 spiro atoms. The molecule has 20 heavy (non-hydrogen) atoms. The molecule has 1 aliphatic heterocycles. The Balaban J connectivity index is 2.21. The first-order chi connectivity index (χ1) is 9.32. The molecule has 2 N–H and O–H groups in total. The maximum Gasteiger partial charge on any atom is 0.151 e. The molecule has 0 radical (unpaired) electrons. The van der Waals surface area contributed by atoms with Gasteiger partial charge in [0.2, 0.25) is 0 Å². The van der Waals surface area contributed by atoms with Gasteiger partial charge in [0, 0.05) is 24.9 Å². The van der Waals surface area contributed by atoms with E-state index in [-0.39, 0.29) is 17.5 Å². The van der Waals surface area contributed by atoms with E-state index in [0.29, 0.717) is 13.1 Å². The quantitative estimate of drug-likeness (QED) is 0.683. The molecule has 6 heteroatoms. The fourth-order valence-electron chi connectivity index (χ4n) is 2.50. The monoisotopic (exact) mass is 306 g/mol. The second-order valence-electron chi connectivity index (χ2n) is 6.15. The number of rotatable bonds is 8. The van der Waals surface area contributed by atoms with Crippen molar-refractivity contribution in [2.75, 3.05) is 37.7 Å². The molecule has 0 bridgehead atoms. The second-order valence-corrected chi connectivity index (χ2v) is 8.54. The van der Waals surface area contributed by atoms with Crippen LogP contribution >= 0.6 is 0 Å². The number of aliphatic hydroxyl groups excluding tert-OH is 1. The number of nitrogens with zero attached hydrogens (tertiary/aromatic N) is 1. The van der Waals surface area contributed by atoms with Gasteiger partial charge >= 0.3 is 0 Å². The first-order valence-electron chi connectivity index (χ1n) is 7.66. The first-order valence-corrected chi connectivity index (χ1v) is 9.48. The standard InChI is InChI=1S/C14H30N2O3S/c1-4-20(18,19)11-13(3)15-9-14(17)10-16-7-5-12(2)6-8-16/h12-15,17H,4-11H2,1-3H3. The molecule has 0 amide bonds. The second kappa shape index (κ2) is 8.32. The molecule has 0 aromatic heterocycles. The number of aliphatic hydroxyl groups is 1. The molecular formula is C14H30N2O3S. The number of piperidine rings is 1. The predicted octanol–water partition coefficient (Wildman–Crippen LogP) is 0.492. The summed E-state index contributed by atoms with van der Waals surface area (Å²) < 4.78 is 23.0. The lowest BCUT2D eigenvalue weighted by molar-refractivity contribution is 0.0896. The molecule has 0 aliphatic carbocycles. The van der Waals surface area contributed by atoms with Crippen molar-refractivity contribution in [1.29, 1.82) is 0 Å². The molecule has 0 saturated carbocycles. The van der Waals surface area contributed by atoms with Crippen LogP contribution < -0.4 is 5.32 Å². The van der Waals surface area contributed by atoms with E-state index in [4.69, 9.17) is 0 Å². The smallest absolute Gasteiger partial charge is 0.151 e. The summed E-state index contributed by atoms with van der Waals surface area (Å²) in [6.07, 6.45) is 1.96. The van der Waals surface area contributed by atoms with Crippen molar-refractivity contribution in [1.82, 2.24) is 10.2 Å². The minimum Gasteiger partial charge on any atom is -0.390 e. The van der Waals surface area contributed by atoms with Gasteiger partial charge in [0.25, 0.3) is 0 Å². The molecule has 120 valence electrons. The van der Waals surface area contributed by atoms with Gasteiger partial charge in [-0.05, 0) is 38.8 Å². The van der Waals surface area contributed by atoms with Crippen LogP contribution in [0.4, 0.5) is 0 Å². The van der Waals surface area contributed by atoms with Gasteiger partial charge in [-0.2, -0.15) is 0 Å². The van der Waals surface area contributed by atoms with Gasteiger partial charge in [-0.15, -0.1) is 0 Å². The molecule has 0 aromatic rings. The Hall–Kier alpha value is -0.170. The summed E-state index contributed by atoms with van der Waals surface area (Å²) in [4.78, 5) is 2.29. The fraction of sp³-hybridized carbons (Fsp3) is 1.00. The molecule has 1 aliphatic rings. The van der Waals surface area contributed by atoms with Crippen LogP contribution in [0.2, 0.25) is 0 Å². The first kappa shape index (κ1) is 17.9. The number of hydrogen-bond acceptors (Lipinski definition) is 5. The zero-order valence-electron chi connectivity index (χ0n) is 13.0. The van der Waals surface area contributed by atoms with Gasteiger partial charge in [-0.25, -0.2) is 8.42 Å². The highest BCUT2D eigenvalue weighted by atomic mass is 32.2. The molecule has 5 nitrogen and oxygen atoms in total. The SMILES string of the molecule is CCS(=O)(=O)CC(C)NCC(O)CN1CCC(C)CC1. The Morgan fingerprint density at radius 3 is 2.50 bits per heavy atom. The lowest BCUT2D eigenvalue weighted by atomic mass is 9.99. The highest BCUT2D eigenvalue weighted by Crippen LogP contribution is 2.15. The maximum absolute atomic E-state index is 11.5. The van der Waals surface area contributed by atoms with Crippen LogP contribution in [0.3, 0.4) is 0 Å². The highest BCUT2D eigenvalue weighted by Gasteiger charge is 2.19. The molecule has 1 saturated heterocycles. The van der Waals surface area contributed by atoms with E-state index in [1.807, 2.05) is 6.92 Å². The zero-order valence-corrected chi connectivity index (χ0v) is 13.8. The Bertz CT molecular complexity index is 365. The number of likely N-dealkylation sites (tertiary alicyclic amines) is 1. The summed E-state index contributed by atoms with van der Waals surface area (Å²) in [7, 11) is -2.95. The molecule has 2 unspecified atom stereocenters. The minimum absolute atomic E-state index is 0.115. The van der Waals surface area contributed by atoms with E-state index in [1.54, 1.807) is 6.92 Å². The fourth-order valence-corrected chi connectivity index (χ4v) is 3.62. The Morgan fingerprint density at radius 1 is 1.35 bits per heavy atom. The normalized spacial score (nSPS) is 21.8. The van der Waals surface area contributed by atoms with Gasteiger partial charge in [0.05, 0.1) is 11.9 Å². The molecule has 1 heterocycles. The summed E-state index contributed by atoms with van der Waals surface area (Å²) in [6.45, 7) is 9.01. The molecular weight excluding hydrogens is 276 g/mol. The van der Waals surface area contributed by atoms with E-state index in [1.165, 1.54) is 12.8 Å². The van der Waals surface area contributed by atoms with Crippen molar-refractivity contribution in [2.45, 2.75) is 45.8 Å². The third kappa shape index (κ3) is 7.02. The van der Waals surface area contributed by atoms with Gasteiger partial charge in [-0.3, -0.25) is 0 Å². The van der Waals surface area contributed by atoms with Crippen molar-refractivity contribution in [3.05, 3.63) is 0 Å². The van der Waals surface area contributed by atoms with E-state index in [0.717, 1.165) is 19.0 Å². The van der Waals surface area contributed by atoms with Gasteiger partial charge < -0.3 is 15.3 Å². The zero-order chi connectivity index (χ0) is 15.2. The molecule has 0 aromatic carbocycles. The Kier molecular flexibility index (Phi) is 7.43. The van der Waals surface area contributed by atoms with Crippen LogP contribution in [0.5, 0.6) is 0 Å². The Labute approximate surface area is 123 Å². The van der Waals surface area contributed by atoms with Crippen molar-refractivity contribution >= 4 is 9.84 Å². The predicted molar refractivity (Wildman–Crippen MR) is 82.6 cm³/mol. The van der Waals surface area contributed by atoms with Gasteiger partial charge in [0.15, 0.2) is 9.84 Å². The van der Waals surface area contributed by atoms with Crippen LogP contribution in [0.15, 0.2) is 0 Å². The van der Waals surface area contributed by atoms with E-state index < -0.39 is 15.9 Å². The number of sulfone groups is 1. The largest absolute Gasteiger partial charge is 0.390 e. The third-order valence-electron chi connectivity index (χ3n) is 3.99. The van der Waals surface area contributed by atoms with Crippen LogP contribution in [0, 0.1) is 5.92 Å². The summed E-state index contributed by atoms with van der Waals surface area (Å²) in [5.41, 5.74) is 0. The van der Waals surface area contributed by atoms with Crippen LogP contribution in [-0.4, -0.2) is 68.3 Å². The van der Waals surface area contributed by atoms with Crippen LogP contribution in [-0.2, 0) is 9.84 Å². The summed E-state index contributed by atoms with van der Waals surface area (Å²) in [6, 6.07) is -0.115. The molecule has 1 rings (SSSR count). The van der Waals surface area contributed by atoms with Gasteiger partial charge in [-0.1, -0.05) is 13.8 Å². The Morgan fingerprint density at radius 2 is 1.95 bits per heavy atom. The summed E-state index contributed by atoms with van der Waals surface area (Å²) in [5, 5.41) is 13.1. The number of nitrogens with one attached hydrogen (secondary N) is 1. The highest BCUT2D eigenvalue weighted by molar-refractivity contribution is 7.91. The van der Waals surface area contributed by atoms with E-state index in [9.17, 15) is 13.5 Å². The summed E-state index contributed by atoms with van der Waals surface area (Å²) >= 11 is 0. The van der Waals surface area contributed by atoms with Gasteiger partial charge in [0.1, 0.15) is 0 Å². The molecule has 1 fully saturated rings. The third-order valence-corrected chi connectivity index (χ3v) is 5.88. The number of β-amino-alcohol motifs (C(OH)–C–C–N with tert-alkyl or cyclic N) is 1. The van der Waals surface area contributed by atoms with Crippen LogP contribution in [0.25, 0.3) is 0 Å².